The summed E-state index contributed by atoms with van der Waals surface area (Å²) in [5.41, 5.74) is 3.95. The van der Waals surface area contributed by atoms with Gasteiger partial charge in [-0.05, 0) is 50.3 Å². The van der Waals surface area contributed by atoms with E-state index in [0.717, 1.165) is 38.0 Å². The second kappa shape index (κ2) is 9.50. The molecular formula is C19H31NO2. The Morgan fingerprint density at radius 1 is 1.05 bits per heavy atom. The third kappa shape index (κ3) is 4.49. The molecule has 0 radical (unpaired) electrons. The van der Waals surface area contributed by atoms with Crippen LogP contribution >= 0.6 is 0 Å². The summed E-state index contributed by atoms with van der Waals surface area (Å²) >= 11 is 0. The molecule has 1 rings (SSSR count). The van der Waals surface area contributed by atoms with Crippen LogP contribution in [-0.4, -0.2) is 24.2 Å². The van der Waals surface area contributed by atoms with Crippen LogP contribution < -0.4 is 4.90 Å². The fourth-order valence-electron chi connectivity index (χ4n) is 3.09. The largest absolute Gasteiger partial charge is 0.478 e. The molecule has 0 aliphatic carbocycles. The summed E-state index contributed by atoms with van der Waals surface area (Å²) in [5.74, 6) is -0.820. The van der Waals surface area contributed by atoms with Crippen LogP contribution in [0.1, 0.15) is 74.9 Å². The summed E-state index contributed by atoms with van der Waals surface area (Å²) in [4.78, 5) is 13.9. The number of unbranched alkanes of at least 4 members (excludes halogenated alkanes) is 3. The van der Waals surface area contributed by atoms with E-state index >= 15 is 0 Å². The van der Waals surface area contributed by atoms with Crippen molar-refractivity contribution in [2.45, 2.75) is 66.2 Å². The third-order valence-corrected chi connectivity index (χ3v) is 4.35. The SMILES string of the molecule is CCCCCCc1c(CC)ccc(C(=O)O)c1N(CC)CC. The third-order valence-electron chi connectivity index (χ3n) is 4.35. The lowest BCUT2D eigenvalue weighted by Crippen LogP contribution is -2.26. The molecular weight excluding hydrogens is 274 g/mol. The predicted molar refractivity (Wildman–Crippen MR) is 94.2 cm³/mol. The van der Waals surface area contributed by atoms with Gasteiger partial charge in [0.05, 0.1) is 11.3 Å². The van der Waals surface area contributed by atoms with E-state index in [4.69, 9.17) is 0 Å². The Bertz CT molecular complexity index is 479. The van der Waals surface area contributed by atoms with Crippen molar-refractivity contribution in [3.8, 4) is 0 Å². The van der Waals surface area contributed by atoms with Gasteiger partial charge in [-0.2, -0.15) is 0 Å². The lowest BCUT2D eigenvalue weighted by atomic mass is 9.93. The lowest BCUT2D eigenvalue weighted by molar-refractivity contribution is 0.0697. The molecule has 1 N–H and O–H groups in total. The van der Waals surface area contributed by atoms with E-state index in [9.17, 15) is 9.90 Å². The number of hydrogen-bond acceptors (Lipinski definition) is 2. The quantitative estimate of drug-likeness (QED) is 0.624. The first kappa shape index (κ1) is 18.5. The first-order chi connectivity index (χ1) is 10.6. The molecule has 0 amide bonds. The zero-order valence-corrected chi connectivity index (χ0v) is 14.6. The maximum absolute atomic E-state index is 11.7. The second-order valence-corrected chi connectivity index (χ2v) is 5.74. The smallest absolute Gasteiger partial charge is 0.337 e. The zero-order chi connectivity index (χ0) is 16.5. The molecule has 0 aliphatic heterocycles. The number of aromatic carboxylic acids is 1. The van der Waals surface area contributed by atoms with Gasteiger partial charge in [0, 0.05) is 13.1 Å². The van der Waals surface area contributed by atoms with Crippen molar-refractivity contribution < 1.29 is 9.90 Å². The van der Waals surface area contributed by atoms with E-state index in [1.165, 1.54) is 30.4 Å². The molecule has 124 valence electrons. The van der Waals surface area contributed by atoms with Gasteiger partial charge in [0.25, 0.3) is 0 Å². The molecule has 0 heterocycles. The van der Waals surface area contributed by atoms with Crippen molar-refractivity contribution >= 4 is 11.7 Å². The highest BCUT2D eigenvalue weighted by atomic mass is 16.4. The minimum absolute atomic E-state index is 0.450. The van der Waals surface area contributed by atoms with Crippen molar-refractivity contribution in [1.82, 2.24) is 0 Å². The van der Waals surface area contributed by atoms with Gasteiger partial charge in [0.15, 0.2) is 0 Å². The molecule has 0 aromatic heterocycles. The molecule has 0 saturated carbocycles. The Morgan fingerprint density at radius 3 is 2.23 bits per heavy atom. The van der Waals surface area contributed by atoms with Crippen LogP contribution in [0.3, 0.4) is 0 Å². The summed E-state index contributed by atoms with van der Waals surface area (Å²) < 4.78 is 0. The first-order valence-corrected chi connectivity index (χ1v) is 8.73. The number of rotatable bonds is 10. The lowest BCUT2D eigenvalue weighted by Gasteiger charge is -2.28. The van der Waals surface area contributed by atoms with Crippen LogP contribution in [0, 0.1) is 0 Å². The molecule has 3 nitrogen and oxygen atoms in total. The monoisotopic (exact) mass is 305 g/mol. The molecule has 0 spiro atoms. The molecule has 0 bridgehead atoms. The van der Waals surface area contributed by atoms with Gasteiger partial charge in [-0.25, -0.2) is 4.79 Å². The van der Waals surface area contributed by atoms with Crippen LogP contribution in [0.15, 0.2) is 12.1 Å². The number of nitrogens with zero attached hydrogens (tertiary/aromatic N) is 1. The number of hydrogen-bond donors (Lipinski definition) is 1. The van der Waals surface area contributed by atoms with E-state index < -0.39 is 5.97 Å². The van der Waals surface area contributed by atoms with Gasteiger partial charge in [-0.15, -0.1) is 0 Å². The average molecular weight is 305 g/mol. The maximum atomic E-state index is 11.7. The highest BCUT2D eigenvalue weighted by Crippen LogP contribution is 2.31. The van der Waals surface area contributed by atoms with Crippen molar-refractivity contribution in [2.24, 2.45) is 0 Å². The van der Waals surface area contributed by atoms with Crippen LogP contribution in [0.2, 0.25) is 0 Å². The molecule has 0 unspecified atom stereocenters. The molecule has 22 heavy (non-hydrogen) atoms. The fourth-order valence-corrected chi connectivity index (χ4v) is 3.09. The number of carboxylic acids is 1. The Balaban J connectivity index is 3.26. The van der Waals surface area contributed by atoms with Gasteiger partial charge in [-0.3, -0.25) is 0 Å². The highest BCUT2D eigenvalue weighted by Gasteiger charge is 2.20. The zero-order valence-electron chi connectivity index (χ0n) is 14.6. The summed E-state index contributed by atoms with van der Waals surface area (Å²) in [6.45, 7) is 10.2. The molecule has 0 aliphatic rings. The summed E-state index contributed by atoms with van der Waals surface area (Å²) in [6.07, 6.45) is 6.76. The van der Waals surface area contributed by atoms with Crippen LogP contribution in [-0.2, 0) is 12.8 Å². The minimum atomic E-state index is -0.820. The fraction of sp³-hybridized carbons (Fsp3) is 0.632. The highest BCUT2D eigenvalue weighted by molar-refractivity contribution is 5.95. The van der Waals surface area contributed by atoms with E-state index in [-0.39, 0.29) is 0 Å². The standard InChI is InChI=1S/C19H31NO2/c1-5-9-10-11-12-16-15(6-2)13-14-17(19(21)22)18(16)20(7-3)8-4/h13-14H,5-12H2,1-4H3,(H,21,22). The van der Waals surface area contributed by atoms with Gasteiger partial charge in [0.1, 0.15) is 0 Å². The molecule has 1 aromatic rings. The van der Waals surface area contributed by atoms with Gasteiger partial charge >= 0.3 is 5.97 Å². The molecule has 1 aromatic carbocycles. The Labute approximate surface area is 135 Å². The number of carbonyl (C=O) groups is 1. The number of carboxylic acid groups (broad SMARTS) is 1. The van der Waals surface area contributed by atoms with Gasteiger partial charge in [0.2, 0.25) is 0 Å². The molecule has 0 fully saturated rings. The van der Waals surface area contributed by atoms with E-state index in [1.807, 2.05) is 6.07 Å². The average Bonchev–Trinajstić information content (AvgIpc) is 2.52. The van der Waals surface area contributed by atoms with E-state index in [0.29, 0.717) is 5.56 Å². The minimum Gasteiger partial charge on any atom is -0.478 e. The van der Waals surface area contributed by atoms with Gasteiger partial charge < -0.3 is 10.0 Å². The summed E-state index contributed by atoms with van der Waals surface area (Å²) in [5, 5.41) is 9.58. The van der Waals surface area contributed by atoms with Crippen LogP contribution in [0.5, 0.6) is 0 Å². The molecule has 3 heteroatoms. The van der Waals surface area contributed by atoms with E-state index in [2.05, 4.69) is 32.6 Å². The second-order valence-electron chi connectivity index (χ2n) is 5.74. The Kier molecular flexibility index (Phi) is 8.00. The maximum Gasteiger partial charge on any atom is 0.337 e. The molecule has 0 atom stereocenters. The van der Waals surface area contributed by atoms with Crippen LogP contribution in [0.25, 0.3) is 0 Å². The number of aryl methyl sites for hydroxylation is 1. The van der Waals surface area contributed by atoms with Crippen molar-refractivity contribution in [3.63, 3.8) is 0 Å². The Hall–Kier alpha value is -1.51. The van der Waals surface area contributed by atoms with Crippen molar-refractivity contribution in [2.75, 3.05) is 18.0 Å². The predicted octanol–water partition coefficient (Wildman–Crippen LogP) is 4.92. The Morgan fingerprint density at radius 2 is 1.73 bits per heavy atom. The normalized spacial score (nSPS) is 10.7. The number of anilines is 1. The first-order valence-electron chi connectivity index (χ1n) is 8.73. The van der Waals surface area contributed by atoms with Crippen LogP contribution in [0.4, 0.5) is 5.69 Å². The number of benzene rings is 1. The van der Waals surface area contributed by atoms with Gasteiger partial charge in [-0.1, -0.05) is 39.2 Å². The van der Waals surface area contributed by atoms with Crippen molar-refractivity contribution in [3.05, 3.63) is 28.8 Å². The topological polar surface area (TPSA) is 40.5 Å². The molecule has 0 saturated heterocycles. The summed E-state index contributed by atoms with van der Waals surface area (Å²) in [7, 11) is 0. The van der Waals surface area contributed by atoms with Crippen molar-refractivity contribution in [1.29, 1.82) is 0 Å². The summed E-state index contributed by atoms with van der Waals surface area (Å²) in [6, 6.07) is 3.79. The van der Waals surface area contributed by atoms with E-state index in [1.54, 1.807) is 6.07 Å².